The number of nitrogens with zero attached hydrogens (tertiary/aromatic N) is 5. The van der Waals surface area contributed by atoms with E-state index in [1.54, 1.807) is 6.20 Å². The smallest absolute Gasteiger partial charge is 0.225 e. The maximum Gasteiger partial charge on any atom is 0.225 e. The van der Waals surface area contributed by atoms with Gasteiger partial charge in [0.1, 0.15) is 5.69 Å². The molecular weight excluding hydrogens is 402 g/mol. The van der Waals surface area contributed by atoms with Crippen molar-refractivity contribution < 1.29 is 9.90 Å². The predicted molar refractivity (Wildman–Crippen MR) is 124 cm³/mol. The first-order chi connectivity index (χ1) is 15.6. The van der Waals surface area contributed by atoms with Crippen LogP contribution in [0.15, 0.2) is 48.8 Å². The average molecular weight is 432 g/mol. The minimum absolute atomic E-state index is 0.0483. The summed E-state index contributed by atoms with van der Waals surface area (Å²) < 4.78 is 0. The third-order valence-corrected chi connectivity index (χ3v) is 6.87. The fourth-order valence-electron chi connectivity index (χ4n) is 5.06. The zero-order chi connectivity index (χ0) is 22.1. The van der Waals surface area contributed by atoms with Crippen LogP contribution < -0.4 is 4.90 Å². The van der Waals surface area contributed by atoms with Gasteiger partial charge in [-0.25, -0.2) is 0 Å². The SMILES string of the molecule is C[C@@H]1CN(C(=O)C2CCC(O)CC2)CCN1c1nnc(-c2ccccc2)c2ccncc12. The van der Waals surface area contributed by atoms with Crippen LogP contribution in [0.2, 0.25) is 0 Å². The van der Waals surface area contributed by atoms with E-state index in [1.165, 1.54) is 0 Å². The molecule has 2 aromatic heterocycles. The summed E-state index contributed by atoms with van der Waals surface area (Å²) in [5, 5.41) is 21.0. The van der Waals surface area contributed by atoms with E-state index >= 15 is 0 Å². The van der Waals surface area contributed by atoms with E-state index in [2.05, 4.69) is 27.0 Å². The molecule has 0 unspecified atom stereocenters. The first kappa shape index (κ1) is 20.8. The minimum Gasteiger partial charge on any atom is -0.393 e. The monoisotopic (exact) mass is 431 g/mol. The van der Waals surface area contributed by atoms with Crippen molar-refractivity contribution in [3.63, 3.8) is 0 Å². The van der Waals surface area contributed by atoms with Gasteiger partial charge in [0.15, 0.2) is 5.82 Å². The van der Waals surface area contributed by atoms with Gasteiger partial charge in [0.2, 0.25) is 5.91 Å². The van der Waals surface area contributed by atoms with E-state index < -0.39 is 0 Å². The molecule has 7 nitrogen and oxygen atoms in total. The Balaban J connectivity index is 1.38. The van der Waals surface area contributed by atoms with Crippen LogP contribution in [0.4, 0.5) is 5.82 Å². The molecule has 1 aromatic carbocycles. The molecule has 0 spiro atoms. The normalized spacial score (nSPS) is 24.0. The Labute approximate surface area is 188 Å². The van der Waals surface area contributed by atoms with Crippen LogP contribution in [-0.2, 0) is 4.79 Å². The lowest BCUT2D eigenvalue weighted by molar-refractivity contribution is -0.138. The fourth-order valence-corrected chi connectivity index (χ4v) is 5.06. The van der Waals surface area contributed by atoms with Crippen LogP contribution in [0.3, 0.4) is 0 Å². The van der Waals surface area contributed by atoms with Crippen molar-refractivity contribution in [3.8, 4) is 11.3 Å². The molecule has 1 N–H and O–H groups in total. The van der Waals surface area contributed by atoms with E-state index in [0.29, 0.717) is 19.6 Å². The van der Waals surface area contributed by atoms with Gasteiger partial charge in [-0.05, 0) is 38.7 Å². The summed E-state index contributed by atoms with van der Waals surface area (Å²) >= 11 is 0. The number of fused-ring (bicyclic) bond motifs is 1. The quantitative estimate of drug-likeness (QED) is 0.685. The number of rotatable bonds is 3. The molecule has 2 fully saturated rings. The summed E-state index contributed by atoms with van der Waals surface area (Å²) in [6.45, 7) is 4.19. The molecule has 0 radical (unpaired) electrons. The Morgan fingerprint density at radius 2 is 1.78 bits per heavy atom. The second-order valence-corrected chi connectivity index (χ2v) is 8.99. The third kappa shape index (κ3) is 3.93. The average Bonchev–Trinajstić information content (AvgIpc) is 2.84. The van der Waals surface area contributed by atoms with Gasteiger partial charge in [0.05, 0.1) is 6.10 Å². The predicted octanol–water partition coefficient (Wildman–Crippen LogP) is 3.28. The largest absolute Gasteiger partial charge is 0.393 e. The van der Waals surface area contributed by atoms with E-state index in [9.17, 15) is 9.90 Å². The summed E-state index contributed by atoms with van der Waals surface area (Å²) in [5.41, 5.74) is 1.89. The number of aromatic nitrogens is 3. The summed E-state index contributed by atoms with van der Waals surface area (Å²) in [6.07, 6.45) is 6.45. The molecular formula is C25H29N5O2. The van der Waals surface area contributed by atoms with Crippen molar-refractivity contribution in [2.45, 2.75) is 44.8 Å². The number of piperazine rings is 1. The lowest BCUT2D eigenvalue weighted by Gasteiger charge is -2.42. The number of aliphatic hydroxyl groups is 1. The van der Waals surface area contributed by atoms with Crippen molar-refractivity contribution in [1.29, 1.82) is 0 Å². The first-order valence-corrected chi connectivity index (χ1v) is 11.5. The molecule has 5 rings (SSSR count). The summed E-state index contributed by atoms with van der Waals surface area (Å²) in [7, 11) is 0. The summed E-state index contributed by atoms with van der Waals surface area (Å²) in [4.78, 5) is 21.7. The molecule has 3 aromatic rings. The topological polar surface area (TPSA) is 82.5 Å². The first-order valence-electron chi connectivity index (χ1n) is 11.5. The number of pyridine rings is 1. The van der Waals surface area contributed by atoms with Crippen molar-refractivity contribution in [2.75, 3.05) is 24.5 Å². The Kier molecular flexibility index (Phi) is 5.74. The second kappa shape index (κ2) is 8.82. The number of hydrogen-bond acceptors (Lipinski definition) is 6. The van der Waals surface area contributed by atoms with Crippen LogP contribution in [-0.4, -0.2) is 62.9 Å². The number of aliphatic hydroxyl groups excluding tert-OH is 1. The van der Waals surface area contributed by atoms with Crippen molar-refractivity contribution in [3.05, 3.63) is 48.8 Å². The lowest BCUT2D eigenvalue weighted by atomic mass is 9.86. The number of carbonyl (C=O) groups excluding carboxylic acids is 1. The van der Waals surface area contributed by atoms with Gasteiger partial charge in [-0.1, -0.05) is 30.3 Å². The summed E-state index contributed by atoms with van der Waals surface area (Å²) in [5.74, 6) is 1.11. The molecule has 1 atom stereocenters. The van der Waals surface area contributed by atoms with Crippen molar-refractivity contribution in [1.82, 2.24) is 20.1 Å². The molecule has 1 aliphatic carbocycles. The molecule has 1 aliphatic heterocycles. The molecule has 1 saturated carbocycles. The second-order valence-electron chi connectivity index (χ2n) is 8.99. The zero-order valence-electron chi connectivity index (χ0n) is 18.4. The highest BCUT2D eigenvalue weighted by atomic mass is 16.3. The minimum atomic E-state index is -0.242. The molecule has 2 aliphatic rings. The summed E-state index contributed by atoms with van der Waals surface area (Å²) in [6, 6.07) is 12.2. The molecule has 7 heteroatoms. The van der Waals surface area contributed by atoms with Gasteiger partial charge >= 0.3 is 0 Å². The van der Waals surface area contributed by atoms with E-state index in [-0.39, 0.29) is 24.0 Å². The van der Waals surface area contributed by atoms with E-state index in [0.717, 1.165) is 53.5 Å². The molecule has 1 amide bonds. The van der Waals surface area contributed by atoms with Crippen LogP contribution in [0, 0.1) is 5.92 Å². The number of anilines is 1. The number of amides is 1. The van der Waals surface area contributed by atoms with Crippen LogP contribution in [0.1, 0.15) is 32.6 Å². The van der Waals surface area contributed by atoms with Gasteiger partial charge in [-0.15, -0.1) is 10.2 Å². The molecule has 1 saturated heterocycles. The van der Waals surface area contributed by atoms with E-state index in [4.69, 9.17) is 0 Å². The third-order valence-electron chi connectivity index (χ3n) is 6.87. The molecule has 0 bridgehead atoms. The van der Waals surface area contributed by atoms with Crippen molar-refractivity contribution in [2.24, 2.45) is 5.92 Å². The Morgan fingerprint density at radius 3 is 2.53 bits per heavy atom. The lowest BCUT2D eigenvalue weighted by Crippen LogP contribution is -2.55. The maximum atomic E-state index is 13.1. The Hall–Kier alpha value is -3.06. The van der Waals surface area contributed by atoms with Crippen LogP contribution in [0.25, 0.3) is 22.0 Å². The Morgan fingerprint density at radius 1 is 1.00 bits per heavy atom. The highest BCUT2D eigenvalue weighted by Crippen LogP contribution is 2.33. The molecule has 3 heterocycles. The standard InChI is InChI=1S/C25H29N5O2/c1-17-16-29(25(32)19-7-9-20(31)10-8-19)13-14-30(17)24-22-15-26-12-11-21(22)23(27-28-24)18-5-3-2-4-6-18/h2-6,11-12,15,17,19-20,31H,7-10,13-14,16H2,1H3/t17-,19?,20?/m1/s1. The number of hydrogen-bond donors (Lipinski definition) is 1. The highest BCUT2D eigenvalue weighted by molar-refractivity contribution is 5.99. The Bertz CT molecular complexity index is 1100. The number of benzene rings is 1. The number of carbonyl (C=O) groups is 1. The maximum absolute atomic E-state index is 13.1. The van der Waals surface area contributed by atoms with Crippen molar-refractivity contribution >= 4 is 22.5 Å². The van der Waals surface area contributed by atoms with Gasteiger partial charge in [-0.3, -0.25) is 9.78 Å². The van der Waals surface area contributed by atoms with Gasteiger partial charge < -0.3 is 14.9 Å². The highest BCUT2D eigenvalue weighted by Gasteiger charge is 2.34. The van der Waals surface area contributed by atoms with Gasteiger partial charge in [0.25, 0.3) is 0 Å². The van der Waals surface area contributed by atoms with Gasteiger partial charge in [0, 0.05) is 60.3 Å². The van der Waals surface area contributed by atoms with Crippen LogP contribution >= 0.6 is 0 Å². The van der Waals surface area contributed by atoms with Crippen LogP contribution in [0.5, 0.6) is 0 Å². The zero-order valence-corrected chi connectivity index (χ0v) is 18.4. The molecule has 166 valence electrons. The van der Waals surface area contributed by atoms with Gasteiger partial charge in [-0.2, -0.15) is 0 Å². The fraction of sp³-hybridized carbons (Fsp3) is 0.440. The van der Waals surface area contributed by atoms with E-state index in [1.807, 2.05) is 47.5 Å². The molecule has 32 heavy (non-hydrogen) atoms.